The van der Waals surface area contributed by atoms with Crippen LogP contribution in [-0.2, 0) is 75.1 Å². The van der Waals surface area contributed by atoms with Gasteiger partial charge in [-0.05, 0) is 94.2 Å². The van der Waals surface area contributed by atoms with Crippen molar-refractivity contribution in [3.05, 3.63) is 76.3 Å². The Morgan fingerprint density at radius 2 is 1.63 bits per heavy atom. The fourth-order valence-electron chi connectivity index (χ4n) is 11.6. The molecule has 95 heavy (non-hydrogen) atoms. The number of hydrogen-bond acceptors (Lipinski definition) is 18. The van der Waals surface area contributed by atoms with Gasteiger partial charge in [0.2, 0.25) is 41.4 Å². The van der Waals surface area contributed by atoms with Crippen LogP contribution >= 0.6 is 11.6 Å². The van der Waals surface area contributed by atoms with E-state index in [1.54, 1.807) is 83.2 Å². The number of allylic oxidation sites excluding steroid dienone is 3. The van der Waals surface area contributed by atoms with E-state index in [1.165, 1.54) is 57.0 Å². The van der Waals surface area contributed by atoms with E-state index in [0.29, 0.717) is 48.4 Å². The number of carbonyl (C=O) groups excluding carboxylic acids is 11. The quantitative estimate of drug-likeness (QED) is 0.0211. The van der Waals surface area contributed by atoms with Crippen LogP contribution in [0.3, 0.4) is 0 Å². The lowest BCUT2D eigenvalue weighted by Crippen LogP contribution is -2.63. The molecule has 0 saturated carbocycles. The number of fused-ring (bicyclic) bond motifs is 5. The van der Waals surface area contributed by atoms with Crippen LogP contribution in [0.4, 0.5) is 25.8 Å². The Hall–Kier alpha value is -8.34. The van der Waals surface area contributed by atoms with Gasteiger partial charge in [0.05, 0.1) is 25.3 Å². The van der Waals surface area contributed by atoms with Crippen molar-refractivity contribution < 1.29 is 86.3 Å². The van der Waals surface area contributed by atoms with Gasteiger partial charge in [-0.15, -0.1) is 0 Å². The standard InChI is InChI=1S/C66H93ClN10O18/c1-37(2)56(72-51(78)21-14-13-15-28-77-54(81)31-39(4)60(77)84)59(83)71-45(19-17-27-69-62(68)86)58(82)70-44-24-22-42(23-25-44)36-92-64(88)74(8)29-26-52(79)75(9)41(6)61(85)94-50-34-53(80)76(10)46-32-43(33-47(90-11)55(46)67)30-38(3)18-16-20-49(91-12)66(89)35-48(93-63(87)73-66)40(5)57-65(50,7)95-57/h16,18,20,22-25,32-33,37,39-41,45,48-50,56-57,89H,13-15,17,19,21,26-31,34-36H2,1-12H3,(H,70,82)(H,71,83)(H,72,78)(H,73,87)(H3,68,69,86)/b20-16+,38-18+/t39?,40-,41+,45+,48+,49-,50+,56+,57+,65+,66+/m1/s1. The number of unbranched alkanes of at least 4 members (excludes halogenated alkanes) is 2. The first kappa shape index (κ1) is 75.7. The van der Waals surface area contributed by atoms with Gasteiger partial charge in [-0.25, -0.2) is 19.2 Å². The first-order chi connectivity index (χ1) is 44.8. The maximum Gasteiger partial charge on any atom is 0.409 e. The number of primary amides is 1. The highest BCUT2D eigenvalue weighted by Crippen LogP contribution is 2.49. The summed E-state index contributed by atoms with van der Waals surface area (Å²) in [6.45, 7) is 12.0. The van der Waals surface area contributed by atoms with Gasteiger partial charge in [-0.2, -0.15) is 0 Å². The van der Waals surface area contributed by atoms with Gasteiger partial charge >= 0.3 is 24.2 Å². The Kier molecular flexibility index (Phi) is 27.0. The number of anilines is 2. The summed E-state index contributed by atoms with van der Waals surface area (Å²) in [5.41, 5.74) is 4.76. The minimum absolute atomic E-state index is 0.0812. The van der Waals surface area contributed by atoms with Crippen LogP contribution in [0.25, 0.3) is 0 Å². The van der Waals surface area contributed by atoms with Crippen molar-refractivity contribution in [3.63, 3.8) is 0 Å². The van der Waals surface area contributed by atoms with Crippen LogP contribution in [-0.4, -0.2) is 194 Å². The predicted molar refractivity (Wildman–Crippen MR) is 348 cm³/mol. The van der Waals surface area contributed by atoms with Gasteiger partial charge in [0, 0.05) is 91.1 Å². The molecule has 11 atom stereocenters. The van der Waals surface area contributed by atoms with Crippen LogP contribution in [0.1, 0.15) is 124 Å². The van der Waals surface area contributed by atoms with Crippen molar-refractivity contribution in [1.29, 1.82) is 0 Å². The molecule has 4 bridgehead atoms. The molecule has 2 aromatic carbocycles. The highest BCUT2D eigenvalue weighted by Gasteiger charge is 2.64. The third-order valence-electron chi connectivity index (χ3n) is 17.7. The number of aliphatic hydroxyl groups is 1. The monoisotopic (exact) mass is 1350 g/mol. The molecule has 11 amide bonds. The summed E-state index contributed by atoms with van der Waals surface area (Å²) in [6, 6.07) is 5.73. The zero-order valence-corrected chi connectivity index (χ0v) is 57.0. The molecule has 8 N–H and O–H groups in total. The number of rotatable bonds is 26. The molecule has 522 valence electrons. The minimum atomic E-state index is -1.91. The van der Waals surface area contributed by atoms with E-state index in [2.05, 4.69) is 26.6 Å². The number of amides is 11. The number of ether oxygens (including phenoxy) is 6. The van der Waals surface area contributed by atoms with E-state index in [0.717, 1.165) is 16.0 Å². The summed E-state index contributed by atoms with van der Waals surface area (Å²) in [4.78, 5) is 150. The van der Waals surface area contributed by atoms with E-state index in [9.17, 15) is 57.8 Å². The molecule has 0 aliphatic carbocycles. The van der Waals surface area contributed by atoms with Crippen molar-refractivity contribution in [1.82, 2.24) is 36.0 Å². The number of nitrogens with zero attached hydrogens (tertiary/aromatic N) is 4. The third kappa shape index (κ3) is 20.3. The highest BCUT2D eigenvalue weighted by atomic mass is 35.5. The zero-order chi connectivity index (χ0) is 70.2. The summed E-state index contributed by atoms with van der Waals surface area (Å²) >= 11 is 6.84. The second kappa shape index (κ2) is 33.9. The molecular formula is C66H93ClN10O18. The number of methoxy groups -OCH3 is 2. The molecule has 6 rings (SSSR count). The van der Waals surface area contributed by atoms with Gasteiger partial charge in [-0.1, -0.05) is 81.7 Å². The van der Waals surface area contributed by atoms with Crippen molar-refractivity contribution >= 4 is 88.5 Å². The molecule has 4 aliphatic heterocycles. The molecule has 0 radical (unpaired) electrons. The first-order valence-electron chi connectivity index (χ1n) is 31.9. The number of alkyl carbamates (subject to hydrolysis) is 1. The van der Waals surface area contributed by atoms with Gasteiger partial charge < -0.3 is 75.2 Å². The first-order valence-corrected chi connectivity index (χ1v) is 32.3. The van der Waals surface area contributed by atoms with E-state index < -0.39 is 114 Å². The molecule has 4 aliphatic rings. The Labute approximate surface area is 558 Å². The molecule has 3 fully saturated rings. The lowest BCUT2D eigenvalue weighted by atomic mass is 9.83. The molecule has 0 spiro atoms. The molecule has 3 saturated heterocycles. The topological polar surface area (TPSA) is 366 Å². The van der Waals surface area contributed by atoms with Crippen LogP contribution < -0.4 is 42.0 Å². The van der Waals surface area contributed by atoms with Crippen molar-refractivity contribution in [3.8, 4) is 5.75 Å². The maximum atomic E-state index is 14.5. The van der Waals surface area contributed by atoms with Gasteiger partial charge in [0.1, 0.15) is 59.4 Å². The number of esters is 1. The second-order valence-corrected chi connectivity index (χ2v) is 25.8. The number of carbonyl (C=O) groups is 11. The summed E-state index contributed by atoms with van der Waals surface area (Å²) in [6.07, 6.45) is 1.22. The second-order valence-electron chi connectivity index (χ2n) is 25.4. The third-order valence-corrected chi connectivity index (χ3v) is 18.1. The Morgan fingerprint density at radius 3 is 2.27 bits per heavy atom. The smallest absolute Gasteiger partial charge is 0.409 e. The van der Waals surface area contributed by atoms with Gasteiger partial charge in [0.15, 0.2) is 5.72 Å². The average molecular weight is 1350 g/mol. The Bertz CT molecular complexity index is 3220. The highest BCUT2D eigenvalue weighted by molar-refractivity contribution is 6.35. The van der Waals surface area contributed by atoms with E-state index in [1.807, 2.05) is 13.0 Å². The average Bonchev–Trinajstić information content (AvgIpc) is 1.58. The summed E-state index contributed by atoms with van der Waals surface area (Å²) in [5.74, 6) is -4.97. The number of nitrogens with one attached hydrogen (secondary N) is 5. The molecule has 0 aromatic heterocycles. The van der Waals surface area contributed by atoms with Crippen molar-refractivity contribution in [2.45, 2.75) is 180 Å². The number of likely N-dealkylation sites (tertiary alicyclic amines) is 1. The SMILES string of the molecule is COc1cc2cc(c1Cl)N(C)C(=O)C[C@H](OC(=O)[C@H](C)N(C)C(=O)CCN(C)C(=O)OCc1ccc(NC(=O)[C@H](CCCNC(N)=O)NC(=O)[C@@H](NC(=O)CCCCCN3C(=O)CC(C)C3=O)C(C)C)cc1)[C@]1(C)O[C@H]1[C@H](C)[C@@H]1C[C@@](O)(NC(=O)O1)[C@H](OC)/C=C/C=C(\C)C2. The summed E-state index contributed by atoms with van der Waals surface area (Å²) in [5, 5.41) is 25.3. The summed E-state index contributed by atoms with van der Waals surface area (Å²) < 4.78 is 35.0. The predicted octanol–water partition coefficient (Wildman–Crippen LogP) is 5.14. The van der Waals surface area contributed by atoms with E-state index >= 15 is 0 Å². The van der Waals surface area contributed by atoms with Crippen LogP contribution in [0.5, 0.6) is 5.75 Å². The molecule has 29 heteroatoms. The largest absolute Gasteiger partial charge is 0.495 e. The number of urea groups is 1. The van der Waals surface area contributed by atoms with Crippen molar-refractivity contribution in [2.24, 2.45) is 23.5 Å². The fourth-order valence-corrected chi connectivity index (χ4v) is 11.9. The van der Waals surface area contributed by atoms with Gasteiger partial charge in [-0.3, -0.25) is 43.8 Å². The van der Waals surface area contributed by atoms with Gasteiger partial charge in [0.25, 0.3) is 0 Å². The number of imide groups is 1. The molecule has 1 unspecified atom stereocenters. The normalized spacial score (nSPS) is 24.6. The minimum Gasteiger partial charge on any atom is -0.495 e. The number of halogens is 1. The van der Waals surface area contributed by atoms with E-state index in [-0.39, 0.29) is 99.3 Å². The zero-order valence-electron chi connectivity index (χ0n) is 56.2. The van der Waals surface area contributed by atoms with E-state index in [4.69, 9.17) is 45.8 Å². The van der Waals surface area contributed by atoms with Crippen LogP contribution in [0.15, 0.2) is 60.2 Å². The molecule has 2 aromatic rings. The number of epoxide rings is 1. The number of benzene rings is 2. The fraction of sp³-hybridized carbons (Fsp3) is 0.591. The lowest BCUT2D eigenvalue weighted by Gasteiger charge is -2.42. The Morgan fingerprint density at radius 1 is 0.926 bits per heavy atom. The number of nitrogens with two attached hydrogens (primary N) is 1. The van der Waals surface area contributed by atoms with Crippen molar-refractivity contribution in [2.75, 3.05) is 65.2 Å². The van der Waals surface area contributed by atoms with Crippen LogP contribution in [0.2, 0.25) is 5.02 Å². The molecular weight excluding hydrogens is 1260 g/mol. The summed E-state index contributed by atoms with van der Waals surface area (Å²) in [7, 11) is 7.20. The Balaban J connectivity index is 1.03. The maximum absolute atomic E-state index is 14.5. The number of hydrogen-bond donors (Lipinski definition) is 7. The molecule has 28 nitrogen and oxygen atoms in total. The lowest BCUT2D eigenvalue weighted by molar-refractivity contribution is -0.162. The molecule has 4 heterocycles. The van der Waals surface area contributed by atoms with Crippen LogP contribution in [0, 0.1) is 17.8 Å². The number of likely N-dealkylation sites (N-methyl/N-ethyl adjacent to an activating group) is 1.